The van der Waals surface area contributed by atoms with Crippen molar-refractivity contribution in [3.63, 3.8) is 0 Å². The Labute approximate surface area is 88.3 Å². The van der Waals surface area contributed by atoms with Crippen molar-refractivity contribution in [3.05, 3.63) is 17.8 Å². The van der Waals surface area contributed by atoms with Crippen LogP contribution in [0.2, 0.25) is 0 Å². The van der Waals surface area contributed by atoms with Crippen LogP contribution in [-0.4, -0.2) is 16.6 Å². The van der Waals surface area contributed by atoms with Crippen LogP contribution in [0.25, 0.3) is 0 Å². The zero-order valence-corrected chi connectivity index (χ0v) is 9.03. The highest BCUT2D eigenvalue weighted by Gasteiger charge is 2.03. The lowest BCUT2D eigenvalue weighted by Crippen LogP contribution is -3.00. The van der Waals surface area contributed by atoms with Crippen LogP contribution in [0.1, 0.15) is 5.56 Å². The molecule has 13 heavy (non-hydrogen) atoms. The smallest absolute Gasteiger partial charge is 0.204 e. The first-order valence-corrected chi connectivity index (χ1v) is 5.08. The Hall–Kier alpha value is -0.630. The Kier molecular flexibility index (Phi) is 5.63. The molecule has 0 radical (unpaired) electrons. The lowest BCUT2D eigenvalue weighted by molar-refractivity contribution is -0.264. The molecule has 0 aliphatic rings. The number of nitriles is 1. The topological polar surface area (TPSA) is 56.4 Å². The highest BCUT2D eigenvalue weighted by atomic mass is 35.5. The van der Waals surface area contributed by atoms with Crippen molar-refractivity contribution in [1.29, 1.82) is 5.26 Å². The minimum absolute atomic E-state index is 0. The normalized spacial score (nSPS) is 9.00. The Balaban J connectivity index is 0.00000144. The summed E-state index contributed by atoms with van der Waals surface area (Å²) in [5.74, 6) is 1.97. The van der Waals surface area contributed by atoms with Gasteiger partial charge in [-0.1, -0.05) is 0 Å². The summed E-state index contributed by atoms with van der Waals surface area (Å²) in [6, 6.07) is 3.90. The molecule has 0 spiro atoms. The quantitative estimate of drug-likeness (QED) is 0.614. The fourth-order valence-electron chi connectivity index (χ4n) is 1.01. The van der Waals surface area contributed by atoms with E-state index in [4.69, 9.17) is 5.26 Å². The third-order valence-corrected chi connectivity index (χ3v) is 2.24. The van der Waals surface area contributed by atoms with Crippen molar-refractivity contribution in [2.24, 2.45) is 0 Å². The van der Waals surface area contributed by atoms with Gasteiger partial charge in [-0.15, -0.1) is 0 Å². The largest absolute Gasteiger partial charge is 1.00 e. The lowest BCUT2D eigenvalue weighted by atomic mass is 10.4. The van der Waals surface area contributed by atoms with Crippen LogP contribution in [0.3, 0.4) is 0 Å². The first-order chi connectivity index (χ1) is 5.77. The summed E-state index contributed by atoms with van der Waals surface area (Å²) >= 11 is 1.79. The summed E-state index contributed by atoms with van der Waals surface area (Å²) < 4.78 is 2.01. The first kappa shape index (κ1) is 12.4. The molecule has 5 heteroatoms. The molecule has 0 atom stereocenters. The van der Waals surface area contributed by atoms with Crippen LogP contribution in [0.5, 0.6) is 0 Å². The first-order valence-electron chi connectivity index (χ1n) is 3.69. The molecule has 1 aromatic heterocycles. The van der Waals surface area contributed by atoms with E-state index >= 15 is 0 Å². The van der Waals surface area contributed by atoms with E-state index in [1.54, 1.807) is 17.8 Å². The Bertz CT molecular complexity index is 303. The van der Waals surface area contributed by atoms with Gasteiger partial charge in [-0.05, 0) is 6.26 Å². The van der Waals surface area contributed by atoms with Crippen LogP contribution in [-0.2, 0) is 6.54 Å². The molecular weight excluding hydrogens is 206 g/mol. The maximum Gasteiger partial charge on any atom is 0.204 e. The van der Waals surface area contributed by atoms with Crippen LogP contribution >= 0.6 is 11.8 Å². The van der Waals surface area contributed by atoms with Crippen molar-refractivity contribution < 1.29 is 18.1 Å². The highest BCUT2D eigenvalue weighted by Crippen LogP contribution is 2.08. The molecule has 3 N–H and O–H groups in total. The molecule has 0 aliphatic carbocycles. The predicted molar refractivity (Wildman–Crippen MR) is 50.1 cm³/mol. The summed E-state index contributed by atoms with van der Waals surface area (Å²) in [7, 11) is 0. The van der Waals surface area contributed by atoms with E-state index in [2.05, 4.69) is 18.1 Å². The molecule has 0 fully saturated rings. The molecule has 0 aromatic carbocycles. The van der Waals surface area contributed by atoms with Gasteiger partial charge in [0.15, 0.2) is 0 Å². The minimum atomic E-state index is 0. The van der Waals surface area contributed by atoms with Crippen LogP contribution in [0, 0.1) is 11.3 Å². The van der Waals surface area contributed by atoms with Gasteiger partial charge in [-0.2, -0.15) is 17.0 Å². The maximum absolute atomic E-state index is 8.60. The number of aromatic nitrogens is 1. The van der Waals surface area contributed by atoms with E-state index in [-0.39, 0.29) is 12.4 Å². The fraction of sp³-hybridized carbons (Fsp3) is 0.375. The molecule has 1 rings (SSSR count). The minimum Gasteiger partial charge on any atom is -1.00 e. The van der Waals surface area contributed by atoms with Gasteiger partial charge in [0.25, 0.3) is 0 Å². The Morgan fingerprint density at radius 1 is 1.69 bits per heavy atom. The van der Waals surface area contributed by atoms with Gasteiger partial charge in [0.1, 0.15) is 6.07 Å². The zero-order valence-electron chi connectivity index (χ0n) is 7.46. The van der Waals surface area contributed by atoms with E-state index in [0.717, 1.165) is 18.1 Å². The molecular formula is C8H12ClN3S. The predicted octanol–water partition coefficient (Wildman–Crippen LogP) is -2.40. The second kappa shape index (κ2) is 5.92. The molecule has 0 saturated carbocycles. The molecule has 1 heterocycles. The van der Waals surface area contributed by atoms with Gasteiger partial charge in [0.2, 0.25) is 5.82 Å². The number of quaternary nitrogens is 1. The molecule has 0 amide bonds. The van der Waals surface area contributed by atoms with Gasteiger partial charge < -0.3 is 22.7 Å². The molecule has 0 bridgehead atoms. The maximum atomic E-state index is 8.60. The van der Waals surface area contributed by atoms with E-state index in [1.165, 1.54) is 0 Å². The average Bonchev–Trinajstić information content (AvgIpc) is 2.43. The lowest BCUT2D eigenvalue weighted by Gasteiger charge is -1.99. The third kappa shape index (κ3) is 3.31. The van der Waals surface area contributed by atoms with Crippen molar-refractivity contribution >= 4 is 17.6 Å². The highest BCUT2D eigenvalue weighted by molar-refractivity contribution is 7.98. The monoisotopic (exact) mass is 217 g/mol. The van der Waals surface area contributed by atoms with Gasteiger partial charge in [-0.3, -0.25) is 0 Å². The van der Waals surface area contributed by atoms with Crippen molar-refractivity contribution in [2.45, 2.75) is 6.54 Å². The van der Waals surface area contributed by atoms with E-state index in [1.807, 2.05) is 10.8 Å². The number of rotatable bonds is 3. The molecule has 1 aromatic rings. The second-order valence-electron chi connectivity index (χ2n) is 2.52. The standard InChI is InChI=1S/C8H11N3S.ClH/c1-12-3-2-11-6-7(5-9)4-8(11)10;/h4,6H,2-3,10H2,1H3;1H. The van der Waals surface area contributed by atoms with Crippen LogP contribution in [0.15, 0.2) is 12.3 Å². The molecule has 3 nitrogen and oxygen atoms in total. The summed E-state index contributed by atoms with van der Waals surface area (Å²) in [6.45, 7) is 0.932. The number of aryl methyl sites for hydroxylation is 1. The summed E-state index contributed by atoms with van der Waals surface area (Å²) in [5.41, 5.74) is 4.54. The number of hydrogen-bond donors (Lipinski definition) is 1. The van der Waals surface area contributed by atoms with Crippen molar-refractivity contribution in [1.82, 2.24) is 4.57 Å². The van der Waals surface area contributed by atoms with E-state index in [0.29, 0.717) is 5.56 Å². The van der Waals surface area contributed by atoms with Gasteiger partial charge in [0.05, 0.1) is 5.56 Å². The number of halogens is 1. The Morgan fingerprint density at radius 3 is 2.85 bits per heavy atom. The number of hydrogen-bond acceptors (Lipinski definition) is 2. The van der Waals surface area contributed by atoms with E-state index in [9.17, 15) is 0 Å². The Morgan fingerprint density at radius 2 is 2.38 bits per heavy atom. The van der Waals surface area contributed by atoms with E-state index < -0.39 is 0 Å². The molecule has 0 saturated heterocycles. The number of nitrogens with zero attached hydrogens (tertiary/aromatic N) is 2. The van der Waals surface area contributed by atoms with Crippen LogP contribution in [0.4, 0.5) is 5.82 Å². The van der Waals surface area contributed by atoms with Crippen LogP contribution < -0.4 is 18.1 Å². The third-order valence-electron chi connectivity index (χ3n) is 1.65. The second-order valence-corrected chi connectivity index (χ2v) is 3.50. The SMILES string of the molecule is CSCCn1cc(C#N)cc1[NH3+].[Cl-]. The van der Waals surface area contributed by atoms with Crippen molar-refractivity contribution in [3.8, 4) is 6.07 Å². The summed E-state index contributed by atoms with van der Waals surface area (Å²) in [5, 5.41) is 8.60. The molecule has 72 valence electrons. The fourth-order valence-corrected chi connectivity index (χ4v) is 1.39. The zero-order chi connectivity index (χ0) is 8.97. The van der Waals surface area contributed by atoms with Gasteiger partial charge in [-0.25, -0.2) is 0 Å². The van der Waals surface area contributed by atoms with Gasteiger partial charge in [0, 0.05) is 24.6 Å². The molecule has 0 unspecified atom stereocenters. The number of thioether (sulfide) groups is 1. The summed E-state index contributed by atoms with van der Waals surface area (Å²) in [6.07, 6.45) is 3.91. The van der Waals surface area contributed by atoms with Gasteiger partial charge >= 0.3 is 0 Å². The average molecular weight is 218 g/mol. The van der Waals surface area contributed by atoms with Crippen molar-refractivity contribution in [2.75, 3.05) is 12.0 Å². The molecule has 0 aliphatic heterocycles. The summed E-state index contributed by atoms with van der Waals surface area (Å²) in [4.78, 5) is 0.